The predicted octanol–water partition coefficient (Wildman–Crippen LogP) is 25.0. The Kier molecular flexibility index (Phi) is 39.7. The minimum absolute atomic E-state index is 0.0271. The van der Waals surface area contributed by atoms with Crippen molar-refractivity contribution in [2.24, 2.45) is 0 Å². The topological polar surface area (TPSA) is 342 Å². The summed E-state index contributed by atoms with van der Waals surface area (Å²) < 4.78 is 21.4. The van der Waals surface area contributed by atoms with E-state index in [2.05, 4.69) is 82.1 Å². The number of nitrogens with two attached hydrogens (primary N) is 2. The number of halogens is 12. The molecule has 0 aliphatic rings. The van der Waals surface area contributed by atoms with Crippen LogP contribution in [-0.2, 0) is 74.3 Å². The fourth-order valence-electron chi connectivity index (χ4n) is 12.9. The number of aromatic nitrogens is 12. The average Bonchev–Trinajstić information content (AvgIpc) is 1.64. The van der Waals surface area contributed by atoms with Gasteiger partial charge in [-0.15, -0.1) is 85.8 Å². The first-order valence-electron chi connectivity index (χ1n) is 41.4. The average molecular weight is 2350 g/mol. The Morgan fingerprint density at radius 2 is 0.787 bits per heavy atom. The number of terminal acetylenes is 1. The van der Waals surface area contributed by atoms with Crippen molar-refractivity contribution in [2.75, 3.05) is 39.8 Å². The normalized spacial score (nSPS) is 10.9. The van der Waals surface area contributed by atoms with E-state index in [1.807, 2.05) is 69.6 Å². The summed E-state index contributed by atoms with van der Waals surface area (Å²) in [6, 6.07) is 40.7. The van der Waals surface area contributed by atoms with Crippen molar-refractivity contribution >= 4 is 313 Å². The Balaban J connectivity index is 0.000000150. The number of carbonyl (C=O) groups excluding carboxylic acids is 4. The van der Waals surface area contributed by atoms with Crippen LogP contribution in [0.25, 0.3) is 61.7 Å². The van der Waals surface area contributed by atoms with Crippen molar-refractivity contribution in [3.05, 3.63) is 363 Å². The Hall–Kier alpha value is -10.4. The van der Waals surface area contributed by atoms with Gasteiger partial charge in [0.25, 0.3) is 27.8 Å². The van der Waals surface area contributed by atoms with Crippen LogP contribution in [0.3, 0.4) is 0 Å². The number of methoxy groups -OCH3 is 2. The second-order valence-electron chi connectivity index (χ2n) is 30.1. The van der Waals surface area contributed by atoms with Gasteiger partial charge in [0.15, 0.2) is 11.6 Å². The van der Waals surface area contributed by atoms with Gasteiger partial charge in [0, 0.05) is 116 Å². The molecule has 5 aromatic carbocycles. The lowest BCUT2D eigenvalue weighted by Gasteiger charge is -2.07. The van der Waals surface area contributed by atoms with Crippen molar-refractivity contribution in [1.29, 1.82) is 0 Å². The van der Waals surface area contributed by atoms with Gasteiger partial charge < -0.3 is 25.8 Å². The molecule has 0 saturated heterocycles. The van der Waals surface area contributed by atoms with Crippen LogP contribution in [0.4, 0.5) is 11.4 Å². The van der Waals surface area contributed by atoms with Crippen LogP contribution in [0, 0.1) is 19.3 Å². The number of aryl methyl sites for hydroxylation is 11. The summed E-state index contributed by atoms with van der Waals surface area (Å²) in [5.74, 6) is 2.25. The van der Waals surface area contributed by atoms with Gasteiger partial charge in [0.2, 0.25) is 0 Å². The molecule has 141 heavy (non-hydrogen) atoms. The van der Waals surface area contributed by atoms with Crippen LogP contribution in [0.1, 0.15) is 84.1 Å². The van der Waals surface area contributed by atoms with Crippen molar-refractivity contribution in [3.63, 3.8) is 0 Å². The largest absolute Gasteiger partial charge is 0.465 e. The predicted molar refractivity (Wildman–Crippen MR) is 587 cm³/mol. The van der Waals surface area contributed by atoms with Gasteiger partial charge in [-0.25, -0.2) is 44.5 Å². The summed E-state index contributed by atoms with van der Waals surface area (Å²) in [4.78, 5) is 144. The molecule has 0 radical (unpaired) electrons. The van der Waals surface area contributed by atoms with Gasteiger partial charge in [0.05, 0.1) is 118 Å². The highest BCUT2D eigenvalue weighted by molar-refractivity contribution is 9.11. The quantitative estimate of drug-likeness (QED) is 0.0275. The maximum atomic E-state index is 12.8. The van der Waals surface area contributed by atoms with E-state index in [1.165, 1.54) is 128 Å². The minimum Gasteiger partial charge on any atom is -0.465 e. The first kappa shape index (κ1) is 109. The van der Waals surface area contributed by atoms with E-state index in [0.29, 0.717) is 202 Å². The highest BCUT2D eigenvalue weighted by Crippen LogP contribution is 2.35. The van der Waals surface area contributed by atoms with Gasteiger partial charge in [-0.1, -0.05) is 152 Å². The molecule has 0 saturated carbocycles. The number of hydrogen-bond donors (Lipinski definition) is 2. The molecule has 0 fully saturated rings. The number of anilines is 2. The molecule has 0 spiro atoms. The summed E-state index contributed by atoms with van der Waals surface area (Å²) in [6.07, 6.45) is 21.0. The molecule has 13 heterocycles. The van der Waals surface area contributed by atoms with Gasteiger partial charge >= 0.3 is 11.9 Å². The minimum atomic E-state index is -0.391. The van der Waals surface area contributed by atoms with Gasteiger partial charge in [-0.05, 0) is 220 Å². The zero-order chi connectivity index (χ0) is 102. The molecular formula is C96H75Br2Cl10N15O11S7. The SMILES string of the molecule is C#Cc1cc2ncn(CCc3ccc(Cl)cc3Cl)c(=O)c2s1.CC(=O)c1cc2ncn(CCc3ccc(Cl)cc3Cl)c(=O)c2s1.CN(C)/C=C/C(=O)c1cc2ncn(CCc3ccc(Cl)cc3Cl)c(=O)c2s1.COC(=O)c1sc(Br)cc1N.COC(=O)c1sccc1N.Cc1nccc(-c2cc3ncn(CCc4ccc(Cl)cc4Cl)c(=O)c3s2)n1.O=c1c2sc(Br)cc2ncn1CCc1ccc(Cl)cc1Cl. The maximum absolute atomic E-state index is 12.8. The molecule has 0 amide bonds. The molecule has 26 nitrogen and oxygen atoms in total. The third kappa shape index (κ3) is 29.5. The summed E-state index contributed by atoms with van der Waals surface area (Å²) in [5, 5.41) is 7.65. The molecule has 0 aliphatic heterocycles. The Morgan fingerprint density at radius 3 is 1.14 bits per heavy atom. The summed E-state index contributed by atoms with van der Waals surface area (Å²) in [5.41, 5.74) is 20.0. The number of fused-ring (bicyclic) bond motifs is 5. The molecule has 726 valence electrons. The second-order valence-corrected chi connectivity index (χ2v) is 44.3. The van der Waals surface area contributed by atoms with E-state index >= 15 is 0 Å². The zero-order valence-electron chi connectivity index (χ0n) is 74.5. The maximum Gasteiger partial charge on any atom is 0.350 e. The number of nitrogen functional groups attached to an aromatic ring is 2. The number of benzene rings is 5. The van der Waals surface area contributed by atoms with Crippen molar-refractivity contribution in [3.8, 4) is 22.9 Å². The van der Waals surface area contributed by atoms with Gasteiger partial charge in [-0.3, -0.25) is 56.4 Å². The number of Topliss-reactive ketones (excluding diaryl/α,β-unsaturated/α-hetero) is 1. The molecule has 45 heteroatoms. The number of ketones is 2. The van der Waals surface area contributed by atoms with Crippen molar-refractivity contribution < 1.29 is 28.7 Å². The van der Waals surface area contributed by atoms with Crippen LogP contribution < -0.4 is 39.3 Å². The van der Waals surface area contributed by atoms with Crippen LogP contribution in [0.5, 0.6) is 0 Å². The first-order chi connectivity index (χ1) is 67.3. The summed E-state index contributed by atoms with van der Waals surface area (Å²) in [6.45, 7) is 5.71. The number of rotatable bonds is 22. The summed E-state index contributed by atoms with van der Waals surface area (Å²) >= 11 is 75.9. The lowest BCUT2D eigenvalue weighted by atomic mass is 10.1. The van der Waals surface area contributed by atoms with Gasteiger partial charge in [0.1, 0.15) is 39.1 Å². The van der Waals surface area contributed by atoms with Crippen LogP contribution >= 0.6 is 227 Å². The molecule has 0 aliphatic carbocycles. The molecule has 18 rings (SSSR count). The van der Waals surface area contributed by atoms with Crippen LogP contribution in [0.2, 0.25) is 50.2 Å². The van der Waals surface area contributed by atoms with Crippen LogP contribution in [0.15, 0.2) is 227 Å². The smallest absolute Gasteiger partial charge is 0.350 e. The zero-order valence-corrected chi connectivity index (χ0v) is 90.9. The van der Waals surface area contributed by atoms with Crippen molar-refractivity contribution in [2.45, 2.75) is 78.7 Å². The molecule has 4 N–H and O–H groups in total. The number of esters is 2. The number of hydrogen-bond acceptors (Lipinski definition) is 28. The molecule has 0 unspecified atom stereocenters. The standard InChI is InChI=1S/C19H14Cl2N4OS.C19H17Cl2N3O2S.C16H12Cl2N2O2S.C16H10Cl2N2OS.C14H9BrCl2N2OS.C6H6BrNO2S.C6H7NO2S/c1-11-22-6-4-15(24-11)17-9-16-18(27-17)19(26)25(10-23-16)7-5-12-2-3-13(20)8-14(12)21;1-23(2)7-6-16(25)17-10-15-18(27-17)19(26)24(11-22-15)8-5-12-3-4-13(20)9-14(12)21;1-9(21)14-7-13-15(23-14)16(22)20(8-19-13)5-4-10-2-3-11(17)6-12(10)18;1-2-12-8-14-15(22-12)16(21)20(9-19-14)6-5-10-3-4-11(17)7-13(10)18;15-12-6-11-13(21-12)14(20)19(7-18-11)4-3-8-1-2-9(16)5-10(8)17;1-10-6(9)5-3(8)2-4(7)11-5;1-9-6(8)5-4(7)2-3-10-5/h2-4,6,8-10H,5,7H2,1H3;3-4,6-7,9-11H,5,8H2,1-2H3;2-3,6-8H,4-5H2,1H3;1,3-4,7-9H,5-6H2;1-2,5-7H,3-4H2;2H,8H2,1H3;2-3H,7H2,1H3/b;7-6+;;;;;. The van der Waals surface area contributed by atoms with E-state index in [1.54, 1.807) is 146 Å². The Labute approximate surface area is 899 Å². The van der Waals surface area contributed by atoms with Crippen molar-refractivity contribution in [1.82, 2.24) is 62.6 Å². The highest BCUT2D eigenvalue weighted by atomic mass is 79.9. The molecule has 13 aromatic heterocycles. The first-order valence-corrected chi connectivity index (χ1v) is 52.5. The highest BCUT2D eigenvalue weighted by Gasteiger charge is 2.21. The number of nitrogens with zero attached hydrogens (tertiary/aromatic N) is 13. The molecular weight excluding hydrogens is 2280 g/mol. The van der Waals surface area contributed by atoms with Gasteiger partial charge in [-0.2, -0.15) is 0 Å². The third-order valence-electron chi connectivity index (χ3n) is 20.1. The number of thiophene rings is 7. The fraction of sp³-hybridized carbons (Fsp3) is 0.167. The summed E-state index contributed by atoms with van der Waals surface area (Å²) in [7, 11) is 6.33. The molecule has 0 bridgehead atoms. The van der Waals surface area contributed by atoms with E-state index in [4.69, 9.17) is 134 Å². The monoisotopic (exact) mass is 2340 g/mol. The Bertz CT molecular complexity index is 8120. The van der Waals surface area contributed by atoms with E-state index in [9.17, 15) is 43.2 Å². The number of carbonyl (C=O) groups is 4. The van der Waals surface area contributed by atoms with Crippen LogP contribution in [-0.4, -0.2) is 114 Å². The number of ether oxygens (including phenoxy) is 2. The second kappa shape index (κ2) is 51.2. The van der Waals surface area contributed by atoms with E-state index in [-0.39, 0.29) is 45.3 Å². The third-order valence-corrected chi connectivity index (χ3v) is 31.7. The van der Waals surface area contributed by atoms with E-state index < -0.39 is 5.97 Å². The lowest BCUT2D eigenvalue weighted by Crippen LogP contribution is -2.20. The lowest BCUT2D eigenvalue weighted by molar-refractivity contribution is 0.0598. The fourth-order valence-corrected chi connectivity index (χ4v) is 22.9. The molecule has 0 atom stereocenters. The van der Waals surface area contributed by atoms with E-state index in [0.717, 1.165) is 51.5 Å². The Morgan fingerprint density at radius 1 is 0.433 bits per heavy atom. The molecule has 18 aromatic rings. The number of allylic oxidation sites excluding steroid dienone is 1.